The van der Waals surface area contributed by atoms with E-state index in [0.717, 1.165) is 30.7 Å². The SMILES string of the molecule is CC1=C/C(C2CCC2)=C/C[C@@H](C)/C=C\1c1cccc(CO)c1C.CCCC(C)(C)O. The minimum atomic E-state index is -0.450. The number of benzene rings is 1. The summed E-state index contributed by atoms with van der Waals surface area (Å²) in [5.41, 5.74) is 7.29. The van der Waals surface area contributed by atoms with Crippen LogP contribution < -0.4 is 0 Å². The first-order valence-electron chi connectivity index (χ1n) is 11.7. The second-order valence-corrected chi connectivity index (χ2v) is 9.76. The van der Waals surface area contributed by atoms with E-state index < -0.39 is 5.60 Å². The van der Waals surface area contributed by atoms with E-state index in [1.165, 1.54) is 41.5 Å². The number of aliphatic hydroxyl groups is 2. The van der Waals surface area contributed by atoms with Gasteiger partial charge in [-0.1, -0.05) is 63.1 Å². The van der Waals surface area contributed by atoms with Gasteiger partial charge in [0.1, 0.15) is 0 Å². The van der Waals surface area contributed by atoms with E-state index in [2.05, 4.69) is 58.1 Å². The molecule has 2 N–H and O–H groups in total. The Morgan fingerprint density at radius 3 is 2.33 bits per heavy atom. The molecule has 1 saturated carbocycles. The predicted molar refractivity (Wildman–Crippen MR) is 129 cm³/mol. The molecule has 1 aromatic rings. The lowest BCUT2D eigenvalue weighted by Gasteiger charge is -2.29. The third-order valence-electron chi connectivity index (χ3n) is 6.33. The van der Waals surface area contributed by atoms with Gasteiger partial charge in [0.15, 0.2) is 0 Å². The number of rotatable bonds is 5. The molecular weight excluding hydrogens is 368 g/mol. The Hall–Kier alpha value is -1.64. The summed E-state index contributed by atoms with van der Waals surface area (Å²) in [6.45, 7) is 12.5. The first-order valence-corrected chi connectivity index (χ1v) is 11.7. The number of hydrogen-bond acceptors (Lipinski definition) is 2. The molecule has 2 nitrogen and oxygen atoms in total. The maximum absolute atomic E-state index is 9.57. The molecule has 2 heteroatoms. The monoisotopic (exact) mass is 410 g/mol. The van der Waals surface area contributed by atoms with Gasteiger partial charge >= 0.3 is 0 Å². The van der Waals surface area contributed by atoms with Crippen LogP contribution in [0.3, 0.4) is 0 Å². The highest BCUT2D eigenvalue weighted by Crippen LogP contribution is 2.38. The van der Waals surface area contributed by atoms with Crippen molar-refractivity contribution in [2.24, 2.45) is 11.8 Å². The van der Waals surface area contributed by atoms with Crippen molar-refractivity contribution >= 4 is 5.57 Å². The average molecular weight is 411 g/mol. The van der Waals surface area contributed by atoms with Crippen LogP contribution in [0.4, 0.5) is 0 Å². The zero-order chi connectivity index (χ0) is 22.3. The number of allylic oxidation sites excluding steroid dienone is 6. The van der Waals surface area contributed by atoms with Gasteiger partial charge < -0.3 is 10.2 Å². The summed E-state index contributed by atoms with van der Waals surface area (Å²) in [7, 11) is 0. The van der Waals surface area contributed by atoms with E-state index in [0.29, 0.717) is 5.92 Å². The lowest BCUT2D eigenvalue weighted by atomic mass is 9.76. The van der Waals surface area contributed by atoms with Gasteiger partial charge in [-0.25, -0.2) is 0 Å². The van der Waals surface area contributed by atoms with Crippen molar-refractivity contribution in [1.29, 1.82) is 0 Å². The van der Waals surface area contributed by atoms with Gasteiger partial charge in [0.25, 0.3) is 0 Å². The summed E-state index contributed by atoms with van der Waals surface area (Å²) >= 11 is 0. The largest absolute Gasteiger partial charge is 0.392 e. The lowest BCUT2D eigenvalue weighted by Crippen LogP contribution is -2.16. The average Bonchev–Trinajstić information content (AvgIpc) is 2.61. The fourth-order valence-electron chi connectivity index (χ4n) is 4.28. The molecule has 0 unspecified atom stereocenters. The van der Waals surface area contributed by atoms with E-state index in [-0.39, 0.29) is 6.61 Å². The van der Waals surface area contributed by atoms with Gasteiger partial charge in [-0.15, -0.1) is 0 Å². The van der Waals surface area contributed by atoms with Crippen LogP contribution in [0.5, 0.6) is 0 Å². The molecule has 0 aliphatic heterocycles. The first-order chi connectivity index (χ1) is 14.2. The molecule has 166 valence electrons. The zero-order valence-corrected chi connectivity index (χ0v) is 20.0. The molecule has 2 aliphatic rings. The molecule has 0 saturated heterocycles. The van der Waals surface area contributed by atoms with Gasteiger partial charge in [-0.05, 0) is 98.6 Å². The van der Waals surface area contributed by atoms with Crippen molar-refractivity contribution < 1.29 is 10.2 Å². The zero-order valence-electron chi connectivity index (χ0n) is 20.0. The Morgan fingerprint density at radius 1 is 1.13 bits per heavy atom. The predicted octanol–water partition coefficient (Wildman–Crippen LogP) is 7.14. The normalized spacial score (nSPS) is 25.2. The second kappa shape index (κ2) is 11.1. The second-order valence-electron chi connectivity index (χ2n) is 9.76. The number of aliphatic hydroxyl groups excluding tert-OH is 1. The summed E-state index contributed by atoms with van der Waals surface area (Å²) in [5, 5.41) is 18.6. The summed E-state index contributed by atoms with van der Waals surface area (Å²) in [5.74, 6) is 1.32. The highest BCUT2D eigenvalue weighted by atomic mass is 16.3. The fourth-order valence-corrected chi connectivity index (χ4v) is 4.28. The summed E-state index contributed by atoms with van der Waals surface area (Å²) in [6, 6.07) is 6.28. The Balaban J connectivity index is 0.000000396. The van der Waals surface area contributed by atoms with Crippen molar-refractivity contribution in [3.05, 3.63) is 64.3 Å². The summed E-state index contributed by atoms with van der Waals surface area (Å²) < 4.78 is 0. The van der Waals surface area contributed by atoms with Crippen LogP contribution in [0, 0.1) is 18.8 Å². The molecule has 0 amide bonds. The van der Waals surface area contributed by atoms with Crippen LogP contribution in [-0.2, 0) is 6.61 Å². The molecule has 2 aliphatic carbocycles. The summed E-state index contributed by atoms with van der Waals surface area (Å²) in [4.78, 5) is 0. The highest BCUT2D eigenvalue weighted by Gasteiger charge is 2.22. The molecule has 3 rings (SSSR count). The number of hydrogen-bond donors (Lipinski definition) is 2. The highest BCUT2D eigenvalue weighted by molar-refractivity contribution is 5.81. The molecule has 0 bridgehead atoms. The van der Waals surface area contributed by atoms with Gasteiger partial charge in [0.05, 0.1) is 12.2 Å². The molecular formula is C28H42O2. The van der Waals surface area contributed by atoms with Gasteiger partial charge in [-0.3, -0.25) is 0 Å². The topological polar surface area (TPSA) is 40.5 Å². The van der Waals surface area contributed by atoms with Gasteiger partial charge in [-0.2, -0.15) is 0 Å². The Kier molecular flexibility index (Phi) is 9.12. The van der Waals surface area contributed by atoms with Crippen molar-refractivity contribution in [2.75, 3.05) is 0 Å². The smallest absolute Gasteiger partial charge is 0.0684 e. The Labute approximate surface area is 184 Å². The van der Waals surface area contributed by atoms with Crippen LogP contribution >= 0.6 is 0 Å². The first kappa shape index (κ1) is 24.6. The van der Waals surface area contributed by atoms with Crippen LogP contribution in [0.2, 0.25) is 0 Å². The quantitative estimate of drug-likeness (QED) is 0.541. The third-order valence-corrected chi connectivity index (χ3v) is 6.33. The van der Waals surface area contributed by atoms with E-state index >= 15 is 0 Å². The van der Waals surface area contributed by atoms with Crippen molar-refractivity contribution in [3.63, 3.8) is 0 Å². The van der Waals surface area contributed by atoms with Gasteiger partial charge in [0.2, 0.25) is 0 Å². The molecule has 0 radical (unpaired) electrons. The van der Waals surface area contributed by atoms with E-state index in [1.54, 1.807) is 5.57 Å². The molecule has 0 heterocycles. The standard InChI is InChI=1S/C22H28O.C6H14O/c1-15-10-11-19(18-6-4-7-18)13-16(2)22(12-15)21-9-5-8-20(14-23)17(21)3;1-4-5-6(2,3)7/h5,8-9,11-13,15,18,23H,4,6-7,10,14H2,1-3H3;7H,4-5H2,1-3H3/b16-13-,19-11-,22-12+;/t15-;/m1./s1. The molecule has 30 heavy (non-hydrogen) atoms. The summed E-state index contributed by atoms with van der Waals surface area (Å²) in [6.07, 6.45) is 14.4. The van der Waals surface area contributed by atoms with Crippen LogP contribution in [0.1, 0.15) is 89.8 Å². The molecule has 1 atom stereocenters. The van der Waals surface area contributed by atoms with E-state index in [1.807, 2.05) is 19.9 Å². The van der Waals surface area contributed by atoms with Crippen molar-refractivity contribution in [1.82, 2.24) is 0 Å². The maximum atomic E-state index is 9.57. The molecule has 0 spiro atoms. The maximum Gasteiger partial charge on any atom is 0.0684 e. The van der Waals surface area contributed by atoms with E-state index in [9.17, 15) is 5.11 Å². The van der Waals surface area contributed by atoms with Crippen LogP contribution in [0.25, 0.3) is 5.57 Å². The molecule has 1 fully saturated rings. The molecule has 1 aromatic carbocycles. The minimum Gasteiger partial charge on any atom is -0.392 e. The van der Waals surface area contributed by atoms with Crippen LogP contribution in [-0.4, -0.2) is 15.8 Å². The van der Waals surface area contributed by atoms with Crippen molar-refractivity contribution in [3.8, 4) is 0 Å². The Bertz CT molecular complexity index is 785. The van der Waals surface area contributed by atoms with Crippen molar-refractivity contribution in [2.45, 2.75) is 92.3 Å². The fraction of sp³-hybridized carbons (Fsp3) is 0.571. The molecule has 0 aromatic heterocycles. The Morgan fingerprint density at radius 2 is 1.83 bits per heavy atom. The van der Waals surface area contributed by atoms with E-state index in [4.69, 9.17) is 5.11 Å². The minimum absolute atomic E-state index is 0.110. The van der Waals surface area contributed by atoms with Gasteiger partial charge in [0, 0.05) is 0 Å². The van der Waals surface area contributed by atoms with Crippen LogP contribution in [0.15, 0.2) is 47.6 Å². The third kappa shape index (κ3) is 6.96. The lowest BCUT2D eigenvalue weighted by molar-refractivity contribution is 0.0703.